The molecule has 144 valence electrons. The number of ketones is 1. The van der Waals surface area contributed by atoms with Gasteiger partial charge in [0.1, 0.15) is 12.5 Å². The number of aliphatic imine (C=N–C) groups is 1. The molecule has 0 bridgehead atoms. The third kappa shape index (κ3) is 4.00. The van der Waals surface area contributed by atoms with Crippen LogP contribution in [0.5, 0.6) is 0 Å². The van der Waals surface area contributed by atoms with Gasteiger partial charge in [-0.1, -0.05) is 19.9 Å². The highest BCUT2D eigenvalue weighted by molar-refractivity contribution is 6.08. The molecule has 1 aliphatic carbocycles. The first-order valence-corrected chi connectivity index (χ1v) is 9.22. The second-order valence-electron chi connectivity index (χ2n) is 7.92. The molecule has 3 rings (SSSR count). The van der Waals surface area contributed by atoms with Crippen LogP contribution in [0.1, 0.15) is 45.2 Å². The molecule has 6 nitrogen and oxygen atoms in total. The van der Waals surface area contributed by atoms with E-state index in [2.05, 4.69) is 23.8 Å². The SMILES string of the molecule is COCCOC(=O)C1C(C)=NC2=C(C(=O)CC(C)(C)C2)[C@H]1c1ccccn1. The molecule has 2 atom stereocenters. The van der Waals surface area contributed by atoms with Crippen LogP contribution in [0.4, 0.5) is 0 Å². The monoisotopic (exact) mass is 370 g/mol. The number of methoxy groups -OCH3 is 1. The Morgan fingerprint density at radius 1 is 1.26 bits per heavy atom. The number of pyridine rings is 1. The van der Waals surface area contributed by atoms with Gasteiger partial charge in [0.2, 0.25) is 0 Å². The van der Waals surface area contributed by atoms with Crippen LogP contribution in [0.2, 0.25) is 0 Å². The smallest absolute Gasteiger partial charge is 0.315 e. The van der Waals surface area contributed by atoms with Crippen LogP contribution in [0, 0.1) is 11.3 Å². The molecule has 27 heavy (non-hydrogen) atoms. The van der Waals surface area contributed by atoms with Gasteiger partial charge in [0.25, 0.3) is 0 Å². The standard InChI is InChI=1S/C21H26N2O4/c1-13-17(20(25)27-10-9-26-4)19(14-7-5-6-8-22-14)18-15(23-13)11-21(2,3)12-16(18)24/h5-8,17,19H,9-12H2,1-4H3/t17?,19-/m0/s1. The summed E-state index contributed by atoms with van der Waals surface area (Å²) in [7, 11) is 1.55. The predicted octanol–water partition coefficient (Wildman–Crippen LogP) is 3.09. The number of esters is 1. The van der Waals surface area contributed by atoms with Gasteiger partial charge in [-0.3, -0.25) is 19.6 Å². The van der Waals surface area contributed by atoms with E-state index >= 15 is 0 Å². The fourth-order valence-electron chi connectivity index (χ4n) is 3.95. The summed E-state index contributed by atoms with van der Waals surface area (Å²) in [4.78, 5) is 35.0. The number of nitrogens with zero attached hydrogens (tertiary/aromatic N) is 2. The number of allylic oxidation sites excluding steroid dienone is 2. The zero-order valence-electron chi connectivity index (χ0n) is 16.3. The average molecular weight is 370 g/mol. The molecule has 6 heteroatoms. The summed E-state index contributed by atoms with van der Waals surface area (Å²) in [5.74, 6) is -1.46. The van der Waals surface area contributed by atoms with Crippen LogP contribution in [0.3, 0.4) is 0 Å². The van der Waals surface area contributed by atoms with Crippen LogP contribution in [0.15, 0.2) is 40.7 Å². The lowest BCUT2D eigenvalue weighted by Crippen LogP contribution is -2.40. The first-order chi connectivity index (χ1) is 12.8. The molecule has 0 fully saturated rings. The van der Waals surface area contributed by atoms with E-state index in [1.165, 1.54) is 0 Å². The van der Waals surface area contributed by atoms with E-state index in [4.69, 9.17) is 9.47 Å². The third-order valence-electron chi connectivity index (χ3n) is 5.09. The Hall–Kier alpha value is -2.34. The second-order valence-corrected chi connectivity index (χ2v) is 7.92. The highest BCUT2D eigenvalue weighted by Crippen LogP contribution is 2.47. The summed E-state index contributed by atoms with van der Waals surface area (Å²) in [5.41, 5.74) is 2.62. The van der Waals surface area contributed by atoms with Gasteiger partial charge in [0.05, 0.1) is 12.5 Å². The summed E-state index contributed by atoms with van der Waals surface area (Å²) >= 11 is 0. The van der Waals surface area contributed by atoms with Crippen molar-refractivity contribution in [2.24, 2.45) is 16.3 Å². The lowest BCUT2D eigenvalue weighted by atomic mass is 9.67. The van der Waals surface area contributed by atoms with Gasteiger partial charge in [-0.2, -0.15) is 0 Å². The molecule has 0 amide bonds. The molecular weight excluding hydrogens is 344 g/mol. The lowest BCUT2D eigenvalue weighted by Gasteiger charge is -2.38. The Balaban J connectivity index is 2.05. The fourth-order valence-corrected chi connectivity index (χ4v) is 3.95. The van der Waals surface area contributed by atoms with Crippen molar-refractivity contribution in [1.82, 2.24) is 4.98 Å². The Morgan fingerprint density at radius 2 is 2.04 bits per heavy atom. The maximum Gasteiger partial charge on any atom is 0.315 e. The maximum absolute atomic E-state index is 13.0. The molecule has 1 unspecified atom stereocenters. The van der Waals surface area contributed by atoms with Crippen molar-refractivity contribution in [2.45, 2.75) is 39.5 Å². The Kier molecular flexibility index (Phi) is 5.56. The van der Waals surface area contributed by atoms with E-state index < -0.39 is 17.8 Å². The molecule has 2 aliphatic rings. The van der Waals surface area contributed by atoms with Crippen LogP contribution in [-0.2, 0) is 19.1 Å². The highest BCUT2D eigenvalue weighted by atomic mass is 16.6. The Morgan fingerprint density at radius 3 is 2.70 bits per heavy atom. The van der Waals surface area contributed by atoms with E-state index in [0.717, 1.165) is 5.70 Å². The van der Waals surface area contributed by atoms with E-state index in [-0.39, 0.29) is 17.8 Å². The molecule has 2 heterocycles. The largest absolute Gasteiger partial charge is 0.463 e. The number of hydrogen-bond acceptors (Lipinski definition) is 6. The number of carbonyl (C=O) groups is 2. The normalized spacial score (nSPS) is 24.3. The number of rotatable bonds is 5. The zero-order chi connectivity index (χ0) is 19.6. The second kappa shape index (κ2) is 7.72. The topological polar surface area (TPSA) is 77.9 Å². The van der Waals surface area contributed by atoms with Crippen LogP contribution in [0.25, 0.3) is 0 Å². The van der Waals surface area contributed by atoms with Crippen molar-refractivity contribution in [3.8, 4) is 0 Å². The molecule has 0 radical (unpaired) electrons. The van der Waals surface area contributed by atoms with E-state index in [1.54, 1.807) is 13.3 Å². The average Bonchev–Trinajstić information content (AvgIpc) is 2.60. The minimum Gasteiger partial charge on any atom is -0.463 e. The van der Waals surface area contributed by atoms with Gasteiger partial charge in [-0.15, -0.1) is 0 Å². The molecule has 0 saturated heterocycles. The quantitative estimate of drug-likeness (QED) is 0.588. The Bertz CT molecular complexity index is 796. The fraction of sp³-hybridized carbons (Fsp3) is 0.524. The molecule has 0 saturated carbocycles. The summed E-state index contributed by atoms with van der Waals surface area (Å²) in [5, 5.41) is 0. The summed E-state index contributed by atoms with van der Waals surface area (Å²) in [6, 6.07) is 5.55. The van der Waals surface area contributed by atoms with E-state index in [1.807, 2.05) is 25.1 Å². The van der Waals surface area contributed by atoms with Crippen molar-refractivity contribution in [3.63, 3.8) is 0 Å². The van der Waals surface area contributed by atoms with Crippen LogP contribution < -0.4 is 0 Å². The predicted molar refractivity (Wildman–Crippen MR) is 101 cm³/mol. The summed E-state index contributed by atoms with van der Waals surface area (Å²) < 4.78 is 10.4. The summed E-state index contributed by atoms with van der Waals surface area (Å²) in [6.45, 7) is 6.46. The first-order valence-electron chi connectivity index (χ1n) is 9.22. The molecule has 0 aromatic carbocycles. The molecule has 0 spiro atoms. The number of Topliss-reactive ketones (excluding diaryl/α,β-unsaturated/α-hetero) is 1. The van der Waals surface area contributed by atoms with E-state index in [0.29, 0.717) is 36.4 Å². The zero-order valence-corrected chi connectivity index (χ0v) is 16.3. The molecule has 1 aromatic rings. The first kappa shape index (κ1) is 19.4. The molecular formula is C21H26N2O4. The van der Waals surface area contributed by atoms with Crippen molar-refractivity contribution in [1.29, 1.82) is 0 Å². The minimum absolute atomic E-state index is 0.0443. The molecule has 0 N–H and O–H groups in total. The van der Waals surface area contributed by atoms with Gasteiger partial charge in [-0.05, 0) is 30.9 Å². The number of hydrogen-bond donors (Lipinski definition) is 0. The van der Waals surface area contributed by atoms with Crippen molar-refractivity contribution in [3.05, 3.63) is 41.4 Å². The van der Waals surface area contributed by atoms with Crippen molar-refractivity contribution >= 4 is 17.5 Å². The Labute approximate surface area is 159 Å². The van der Waals surface area contributed by atoms with Gasteiger partial charge >= 0.3 is 5.97 Å². The molecule has 1 aliphatic heterocycles. The highest BCUT2D eigenvalue weighted by Gasteiger charge is 2.46. The van der Waals surface area contributed by atoms with Crippen molar-refractivity contribution < 1.29 is 19.1 Å². The van der Waals surface area contributed by atoms with E-state index in [9.17, 15) is 9.59 Å². The van der Waals surface area contributed by atoms with Crippen molar-refractivity contribution in [2.75, 3.05) is 20.3 Å². The summed E-state index contributed by atoms with van der Waals surface area (Å²) in [6.07, 6.45) is 2.83. The maximum atomic E-state index is 13.0. The lowest BCUT2D eigenvalue weighted by molar-refractivity contribution is -0.147. The third-order valence-corrected chi connectivity index (χ3v) is 5.09. The number of aromatic nitrogens is 1. The minimum atomic E-state index is -0.652. The van der Waals surface area contributed by atoms with Crippen LogP contribution in [-0.4, -0.2) is 42.8 Å². The van der Waals surface area contributed by atoms with Gasteiger partial charge < -0.3 is 9.47 Å². The number of carbonyl (C=O) groups excluding carboxylic acids is 2. The van der Waals surface area contributed by atoms with Gasteiger partial charge in [0.15, 0.2) is 5.78 Å². The van der Waals surface area contributed by atoms with Gasteiger partial charge in [-0.25, -0.2) is 0 Å². The number of ether oxygens (including phenoxy) is 2. The van der Waals surface area contributed by atoms with Crippen LogP contribution >= 0.6 is 0 Å². The van der Waals surface area contributed by atoms with Gasteiger partial charge in [0, 0.05) is 42.4 Å². The molecule has 1 aromatic heterocycles.